The lowest BCUT2D eigenvalue weighted by Crippen LogP contribution is -2.35. The summed E-state index contributed by atoms with van der Waals surface area (Å²) >= 11 is 2.85. The van der Waals surface area contributed by atoms with Crippen LogP contribution in [0.4, 0.5) is 14.5 Å². The third-order valence-corrected chi connectivity index (χ3v) is 2.81. The maximum absolute atomic E-state index is 13.4. The van der Waals surface area contributed by atoms with E-state index in [9.17, 15) is 13.6 Å². The molecule has 1 aromatic carbocycles. The van der Waals surface area contributed by atoms with Gasteiger partial charge in [0.2, 0.25) is 5.91 Å². The van der Waals surface area contributed by atoms with E-state index in [1.807, 2.05) is 6.92 Å². The van der Waals surface area contributed by atoms with Crippen molar-refractivity contribution < 1.29 is 13.6 Å². The Morgan fingerprint density at radius 3 is 2.71 bits per heavy atom. The first-order chi connectivity index (χ1) is 7.95. The molecule has 3 nitrogen and oxygen atoms in total. The van der Waals surface area contributed by atoms with Crippen LogP contribution in [-0.4, -0.2) is 11.9 Å². The minimum Gasteiger partial charge on any atom is -0.322 e. The topological polar surface area (TPSA) is 55.1 Å². The lowest BCUT2D eigenvalue weighted by atomic mass is 10.1. The number of nitrogens with two attached hydrogens (primary N) is 1. The molecule has 0 aromatic heterocycles. The molecule has 94 valence electrons. The summed E-state index contributed by atoms with van der Waals surface area (Å²) in [5, 5.41) is 2.26. The Labute approximate surface area is 107 Å². The van der Waals surface area contributed by atoms with Crippen molar-refractivity contribution in [3.8, 4) is 0 Å². The first-order valence-electron chi connectivity index (χ1n) is 5.16. The molecule has 0 heterocycles. The van der Waals surface area contributed by atoms with Gasteiger partial charge >= 0.3 is 0 Å². The monoisotopic (exact) mass is 306 g/mol. The van der Waals surface area contributed by atoms with Crippen LogP contribution >= 0.6 is 15.9 Å². The van der Waals surface area contributed by atoms with Gasteiger partial charge in [-0.3, -0.25) is 4.79 Å². The van der Waals surface area contributed by atoms with Gasteiger partial charge in [0, 0.05) is 6.07 Å². The molecule has 0 fully saturated rings. The molecule has 0 unspecified atom stereocenters. The number of amides is 1. The van der Waals surface area contributed by atoms with E-state index in [4.69, 9.17) is 5.73 Å². The van der Waals surface area contributed by atoms with E-state index < -0.39 is 23.6 Å². The van der Waals surface area contributed by atoms with Crippen molar-refractivity contribution in [3.05, 3.63) is 28.2 Å². The third kappa shape index (κ3) is 3.74. The number of carbonyl (C=O) groups excluding carboxylic acids is 1. The van der Waals surface area contributed by atoms with Crippen molar-refractivity contribution in [2.45, 2.75) is 25.8 Å². The normalized spacial score (nSPS) is 12.3. The molecule has 1 amide bonds. The Hall–Kier alpha value is -1.01. The largest absolute Gasteiger partial charge is 0.322 e. The average molecular weight is 307 g/mol. The Kier molecular flexibility index (Phi) is 5.02. The number of hydrogen-bond acceptors (Lipinski definition) is 2. The SMILES string of the molecule is CCC[C@@H](N)C(=O)Nc1cc(F)c(Br)cc1F. The smallest absolute Gasteiger partial charge is 0.241 e. The summed E-state index contributed by atoms with van der Waals surface area (Å²) in [6.07, 6.45) is 1.23. The van der Waals surface area contributed by atoms with Crippen LogP contribution in [0.25, 0.3) is 0 Å². The second-order valence-electron chi connectivity index (χ2n) is 3.63. The Morgan fingerprint density at radius 1 is 1.47 bits per heavy atom. The van der Waals surface area contributed by atoms with Gasteiger partial charge in [-0.1, -0.05) is 13.3 Å². The number of carbonyl (C=O) groups is 1. The maximum Gasteiger partial charge on any atom is 0.241 e. The highest BCUT2D eigenvalue weighted by atomic mass is 79.9. The number of nitrogens with one attached hydrogen (secondary N) is 1. The van der Waals surface area contributed by atoms with Gasteiger partial charge in [0.15, 0.2) is 0 Å². The number of anilines is 1. The minimum absolute atomic E-state index is 0.00542. The number of benzene rings is 1. The lowest BCUT2D eigenvalue weighted by Gasteiger charge is -2.12. The zero-order valence-electron chi connectivity index (χ0n) is 9.27. The number of halogens is 3. The fraction of sp³-hybridized carbons (Fsp3) is 0.364. The van der Waals surface area contributed by atoms with Gasteiger partial charge in [-0.05, 0) is 28.4 Å². The van der Waals surface area contributed by atoms with Crippen LogP contribution in [0.15, 0.2) is 16.6 Å². The molecule has 1 rings (SSSR count). The molecule has 0 spiro atoms. The van der Waals surface area contributed by atoms with Crippen molar-refractivity contribution in [2.75, 3.05) is 5.32 Å². The molecule has 1 atom stereocenters. The quantitative estimate of drug-likeness (QED) is 0.840. The molecule has 0 aliphatic carbocycles. The molecule has 0 saturated carbocycles. The number of hydrogen-bond donors (Lipinski definition) is 2. The fourth-order valence-electron chi connectivity index (χ4n) is 1.29. The second-order valence-corrected chi connectivity index (χ2v) is 4.48. The first kappa shape index (κ1) is 14.1. The molecule has 0 aliphatic rings. The van der Waals surface area contributed by atoms with E-state index in [0.717, 1.165) is 18.6 Å². The standard InChI is InChI=1S/C11H13BrF2N2O/c1-2-3-9(15)11(17)16-10-5-7(13)6(12)4-8(10)14/h4-5,9H,2-3,15H2,1H3,(H,16,17)/t9-/m1/s1. The van der Waals surface area contributed by atoms with Crippen molar-refractivity contribution >= 4 is 27.5 Å². The second kappa shape index (κ2) is 6.07. The average Bonchev–Trinajstić information content (AvgIpc) is 2.26. The number of rotatable bonds is 4. The Morgan fingerprint density at radius 2 is 2.12 bits per heavy atom. The molecule has 0 aliphatic heterocycles. The van der Waals surface area contributed by atoms with Gasteiger partial charge in [0.25, 0.3) is 0 Å². The third-order valence-electron chi connectivity index (χ3n) is 2.20. The van der Waals surface area contributed by atoms with Gasteiger partial charge in [-0.15, -0.1) is 0 Å². The predicted molar refractivity (Wildman–Crippen MR) is 65.6 cm³/mol. The van der Waals surface area contributed by atoms with Crippen molar-refractivity contribution in [3.63, 3.8) is 0 Å². The van der Waals surface area contributed by atoms with Crippen LogP contribution in [-0.2, 0) is 4.79 Å². The van der Waals surface area contributed by atoms with Crippen molar-refractivity contribution in [2.24, 2.45) is 5.73 Å². The van der Waals surface area contributed by atoms with E-state index in [-0.39, 0.29) is 10.2 Å². The van der Waals surface area contributed by atoms with Crippen molar-refractivity contribution in [1.82, 2.24) is 0 Å². The molecule has 6 heteroatoms. The summed E-state index contributed by atoms with van der Waals surface area (Å²) < 4.78 is 26.6. The van der Waals surface area contributed by atoms with E-state index in [2.05, 4.69) is 21.2 Å². The summed E-state index contributed by atoms with van der Waals surface area (Å²) in [7, 11) is 0. The van der Waals surface area contributed by atoms with Crippen LogP contribution in [0.5, 0.6) is 0 Å². The molecular formula is C11H13BrF2N2O. The molecule has 3 N–H and O–H groups in total. The highest BCUT2D eigenvalue weighted by Crippen LogP contribution is 2.23. The highest BCUT2D eigenvalue weighted by molar-refractivity contribution is 9.10. The highest BCUT2D eigenvalue weighted by Gasteiger charge is 2.15. The first-order valence-corrected chi connectivity index (χ1v) is 5.96. The molecule has 17 heavy (non-hydrogen) atoms. The Bertz CT molecular complexity index is 426. The van der Waals surface area contributed by atoms with E-state index in [1.165, 1.54) is 0 Å². The van der Waals surface area contributed by atoms with E-state index in [0.29, 0.717) is 6.42 Å². The maximum atomic E-state index is 13.4. The molecule has 0 bridgehead atoms. The van der Waals surface area contributed by atoms with Crippen LogP contribution in [0.2, 0.25) is 0 Å². The summed E-state index contributed by atoms with van der Waals surface area (Å²) in [4.78, 5) is 11.5. The van der Waals surface area contributed by atoms with Crippen LogP contribution in [0.1, 0.15) is 19.8 Å². The molecule has 1 aromatic rings. The van der Waals surface area contributed by atoms with Gasteiger partial charge in [0.05, 0.1) is 16.2 Å². The zero-order chi connectivity index (χ0) is 13.0. The van der Waals surface area contributed by atoms with Gasteiger partial charge in [-0.2, -0.15) is 0 Å². The zero-order valence-corrected chi connectivity index (χ0v) is 10.9. The summed E-state index contributed by atoms with van der Waals surface area (Å²) in [5.74, 6) is -1.88. The van der Waals surface area contributed by atoms with Crippen molar-refractivity contribution in [1.29, 1.82) is 0 Å². The van der Waals surface area contributed by atoms with Crippen LogP contribution < -0.4 is 11.1 Å². The predicted octanol–water partition coefficient (Wildman–Crippen LogP) is 2.79. The van der Waals surface area contributed by atoms with Gasteiger partial charge in [-0.25, -0.2) is 8.78 Å². The molecular weight excluding hydrogens is 294 g/mol. The summed E-state index contributed by atoms with van der Waals surface area (Å²) in [6.45, 7) is 1.88. The summed E-state index contributed by atoms with van der Waals surface area (Å²) in [6, 6.07) is 1.15. The molecule has 0 saturated heterocycles. The van der Waals surface area contributed by atoms with Gasteiger partial charge < -0.3 is 11.1 Å². The van der Waals surface area contributed by atoms with Gasteiger partial charge in [0.1, 0.15) is 11.6 Å². The summed E-state index contributed by atoms with van der Waals surface area (Å²) in [5.41, 5.74) is 5.35. The molecule has 0 radical (unpaired) electrons. The van der Waals surface area contributed by atoms with Crippen LogP contribution in [0.3, 0.4) is 0 Å². The van der Waals surface area contributed by atoms with Crippen LogP contribution in [0, 0.1) is 11.6 Å². The fourth-order valence-corrected chi connectivity index (χ4v) is 1.60. The lowest BCUT2D eigenvalue weighted by molar-refractivity contribution is -0.117. The minimum atomic E-state index is -0.717. The van der Waals surface area contributed by atoms with E-state index in [1.54, 1.807) is 0 Å². The Balaban J connectivity index is 2.81. The van der Waals surface area contributed by atoms with E-state index >= 15 is 0 Å².